The van der Waals surface area contributed by atoms with Crippen LogP contribution in [-0.2, 0) is 32.3 Å². The summed E-state index contributed by atoms with van der Waals surface area (Å²) < 4.78 is 69.6. The number of nitrogens with one attached hydrogen (secondary N) is 1. The molecule has 0 radical (unpaired) electrons. The van der Waals surface area contributed by atoms with E-state index >= 15 is 0 Å². The first-order valence-electron chi connectivity index (χ1n) is 14.1. The SMILES string of the molecule is CC(C(=O)NC1CCCCC1)N(Cc1ccc(Cl)cc1)C(=O)CN(c1ccc(Cl)c(C(F)(F)F)c1)S(=O)(=O)c1ccccc1. The third kappa shape index (κ3) is 8.25. The molecule has 4 rings (SSSR count). The van der Waals surface area contributed by atoms with Gasteiger partial charge in [0, 0.05) is 17.6 Å². The zero-order chi connectivity index (χ0) is 32.1. The van der Waals surface area contributed by atoms with Crippen molar-refractivity contribution in [2.45, 2.75) is 68.7 Å². The number of hydrogen-bond donors (Lipinski definition) is 1. The van der Waals surface area contributed by atoms with Gasteiger partial charge in [0.05, 0.1) is 21.2 Å². The van der Waals surface area contributed by atoms with Crippen LogP contribution in [0.5, 0.6) is 0 Å². The van der Waals surface area contributed by atoms with Crippen molar-refractivity contribution < 1.29 is 31.2 Å². The summed E-state index contributed by atoms with van der Waals surface area (Å²) in [6.45, 7) is 0.569. The van der Waals surface area contributed by atoms with Crippen molar-refractivity contribution in [1.29, 1.82) is 0 Å². The molecular formula is C31H32Cl2F3N3O4S. The van der Waals surface area contributed by atoms with Gasteiger partial charge in [-0.05, 0) is 67.8 Å². The second kappa shape index (κ2) is 14.2. The molecule has 236 valence electrons. The van der Waals surface area contributed by atoms with Gasteiger partial charge >= 0.3 is 6.18 Å². The van der Waals surface area contributed by atoms with E-state index in [2.05, 4.69) is 5.32 Å². The van der Waals surface area contributed by atoms with Crippen LogP contribution in [0, 0.1) is 0 Å². The Balaban J connectivity index is 1.73. The van der Waals surface area contributed by atoms with Gasteiger partial charge in [-0.1, -0.05) is 72.8 Å². The minimum absolute atomic E-state index is 0.0454. The summed E-state index contributed by atoms with van der Waals surface area (Å²) in [7, 11) is -4.55. The first-order chi connectivity index (χ1) is 20.8. The monoisotopic (exact) mass is 669 g/mol. The zero-order valence-corrected chi connectivity index (χ0v) is 26.2. The molecular weight excluding hydrogens is 638 g/mol. The highest BCUT2D eigenvalue weighted by atomic mass is 35.5. The van der Waals surface area contributed by atoms with Gasteiger partial charge in [-0.3, -0.25) is 13.9 Å². The van der Waals surface area contributed by atoms with Crippen molar-refractivity contribution in [2.24, 2.45) is 0 Å². The summed E-state index contributed by atoms with van der Waals surface area (Å²) in [5, 5.41) is 2.83. The van der Waals surface area contributed by atoms with Gasteiger partial charge in [0.25, 0.3) is 10.0 Å². The molecule has 44 heavy (non-hydrogen) atoms. The van der Waals surface area contributed by atoms with Crippen molar-refractivity contribution in [1.82, 2.24) is 10.2 Å². The van der Waals surface area contributed by atoms with Crippen molar-refractivity contribution in [3.63, 3.8) is 0 Å². The van der Waals surface area contributed by atoms with E-state index in [1.807, 2.05) is 0 Å². The molecule has 0 bridgehead atoms. The predicted molar refractivity (Wildman–Crippen MR) is 164 cm³/mol. The zero-order valence-electron chi connectivity index (χ0n) is 23.9. The summed E-state index contributed by atoms with van der Waals surface area (Å²) >= 11 is 11.8. The minimum Gasteiger partial charge on any atom is -0.352 e. The van der Waals surface area contributed by atoms with Gasteiger partial charge in [0.2, 0.25) is 11.8 Å². The first kappa shape index (κ1) is 33.6. The smallest absolute Gasteiger partial charge is 0.352 e. The highest BCUT2D eigenvalue weighted by Gasteiger charge is 2.37. The van der Waals surface area contributed by atoms with Gasteiger partial charge in [0.15, 0.2) is 0 Å². The Bertz CT molecular complexity index is 1570. The Morgan fingerprint density at radius 1 is 0.955 bits per heavy atom. The number of nitrogens with zero attached hydrogens (tertiary/aromatic N) is 2. The fraction of sp³-hybridized carbons (Fsp3) is 0.355. The number of amides is 2. The average molecular weight is 671 g/mol. The lowest BCUT2D eigenvalue weighted by atomic mass is 9.95. The molecule has 0 aliphatic heterocycles. The van der Waals surface area contributed by atoms with Crippen LogP contribution in [0.2, 0.25) is 10.0 Å². The van der Waals surface area contributed by atoms with Crippen LogP contribution < -0.4 is 9.62 Å². The molecule has 3 aromatic rings. The van der Waals surface area contributed by atoms with E-state index in [0.29, 0.717) is 21.0 Å². The lowest BCUT2D eigenvalue weighted by Crippen LogP contribution is -2.53. The molecule has 0 spiro atoms. The molecule has 7 nitrogen and oxygen atoms in total. The summed E-state index contributed by atoms with van der Waals surface area (Å²) in [6, 6.07) is 15.2. The maximum absolute atomic E-state index is 14.0. The maximum Gasteiger partial charge on any atom is 0.417 e. The van der Waals surface area contributed by atoms with Crippen LogP contribution in [0.4, 0.5) is 18.9 Å². The molecule has 2 amide bonds. The van der Waals surface area contributed by atoms with Crippen LogP contribution in [0.15, 0.2) is 77.7 Å². The molecule has 1 N–H and O–H groups in total. The number of alkyl halides is 3. The minimum atomic E-state index is -4.88. The third-order valence-corrected chi connectivity index (χ3v) is 9.91. The van der Waals surface area contributed by atoms with E-state index in [9.17, 15) is 31.2 Å². The van der Waals surface area contributed by atoms with Crippen LogP contribution in [0.25, 0.3) is 0 Å². The van der Waals surface area contributed by atoms with E-state index < -0.39 is 56.9 Å². The summed E-state index contributed by atoms with van der Waals surface area (Å²) in [5.41, 5.74) is -1.05. The summed E-state index contributed by atoms with van der Waals surface area (Å²) in [6.07, 6.45) is -0.239. The molecule has 0 saturated heterocycles. The topological polar surface area (TPSA) is 86.8 Å². The van der Waals surface area contributed by atoms with Gasteiger partial charge in [0.1, 0.15) is 12.6 Å². The second-order valence-corrected chi connectivity index (χ2v) is 13.4. The number of anilines is 1. The van der Waals surface area contributed by atoms with E-state index in [1.54, 1.807) is 30.3 Å². The van der Waals surface area contributed by atoms with E-state index in [0.717, 1.165) is 44.2 Å². The fourth-order valence-corrected chi connectivity index (χ4v) is 6.85. The lowest BCUT2D eigenvalue weighted by Gasteiger charge is -2.33. The van der Waals surface area contributed by atoms with Gasteiger partial charge in [-0.2, -0.15) is 13.2 Å². The molecule has 0 aromatic heterocycles. The number of carbonyl (C=O) groups is 2. The number of carbonyl (C=O) groups excluding carboxylic acids is 2. The number of benzene rings is 3. The van der Waals surface area contributed by atoms with Gasteiger partial charge < -0.3 is 10.2 Å². The Hall–Kier alpha value is -3.28. The van der Waals surface area contributed by atoms with E-state index in [1.165, 1.54) is 36.1 Å². The predicted octanol–water partition coefficient (Wildman–Crippen LogP) is 7.07. The van der Waals surface area contributed by atoms with Crippen molar-refractivity contribution in [3.05, 3.63) is 94.0 Å². The first-order valence-corrected chi connectivity index (χ1v) is 16.3. The number of halogens is 5. The van der Waals surface area contributed by atoms with Crippen LogP contribution in [0.3, 0.4) is 0 Å². The van der Waals surface area contributed by atoms with E-state index in [4.69, 9.17) is 23.2 Å². The number of sulfonamides is 1. The Morgan fingerprint density at radius 3 is 2.20 bits per heavy atom. The quantitative estimate of drug-likeness (QED) is 0.250. The highest BCUT2D eigenvalue weighted by Crippen LogP contribution is 2.38. The molecule has 1 fully saturated rings. The highest BCUT2D eigenvalue weighted by molar-refractivity contribution is 7.92. The van der Waals surface area contributed by atoms with Crippen molar-refractivity contribution in [3.8, 4) is 0 Å². The number of rotatable bonds is 10. The standard InChI is InChI=1S/C31H32Cl2F3N3O4S/c1-21(30(41)37-24-8-4-2-5-9-24)38(19-22-12-14-23(32)15-13-22)29(40)20-39(44(42,43)26-10-6-3-7-11-26)25-16-17-28(33)27(18-25)31(34,35)36/h3,6-7,10-18,21,24H,2,4-5,8-9,19-20H2,1H3,(H,37,41). The van der Waals surface area contributed by atoms with Crippen molar-refractivity contribution >= 4 is 50.7 Å². The van der Waals surface area contributed by atoms with Gasteiger partial charge in [-0.15, -0.1) is 0 Å². The molecule has 1 atom stereocenters. The normalized spacial score (nSPS) is 15.0. The summed E-state index contributed by atoms with van der Waals surface area (Å²) in [5.74, 6) is -1.21. The third-order valence-electron chi connectivity index (χ3n) is 7.54. The molecule has 0 heterocycles. The Morgan fingerprint density at radius 2 is 1.59 bits per heavy atom. The van der Waals surface area contributed by atoms with E-state index in [-0.39, 0.29) is 17.5 Å². The number of hydrogen-bond acceptors (Lipinski definition) is 4. The largest absolute Gasteiger partial charge is 0.417 e. The molecule has 13 heteroatoms. The lowest BCUT2D eigenvalue weighted by molar-refractivity contribution is -0.139. The molecule has 1 aliphatic rings. The second-order valence-electron chi connectivity index (χ2n) is 10.7. The van der Waals surface area contributed by atoms with Crippen LogP contribution >= 0.6 is 23.2 Å². The van der Waals surface area contributed by atoms with Gasteiger partial charge in [-0.25, -0.2) is 8.42 Å². The fourth-order valence-electron chi connectivity index (χ4n) is 5.07. The molecule has 1 aliphatic carbocycles. The van der Waals surface area contributed by atoms with Crippen molar-refractivity contribution in [2.75, 3.05) is 10.8 Å². The molecule has 1 unspecified atom stereocenters. The Kier molecular flexibility index (Phi) is 10.9. The average Bonchev–Trinajstić information content (AvgIpc) is 2.99. The molecule has 3 aromatic carbocycles. The van der Waals surface area contributed by atoms with Crippen LogP contribution in [-0.4, -0.2) is 43.8 Å². The maximum atomic E-state index is 14.0. The van der Waals surface area contributed by atoms with Crippen LogP contribution in [0.1, 0.15) is 50.2 Å². The Labute approximate surface area is 265 Å². The molecule has 1 saturated carbocycles. The summed E-state index contributed by atoms with van der Waals surface area (Å²) in [4.78, 5) is 28.4.